The summed E-state index contributed by atoms with van der Waals surface area (Å²) in [6.45, 7) is 4.59. The van der Waals surface area contributed by atoms with Crippen molar-refractivity contribution in [2.45, 2.75) is 90.9 Å². The molecule has 1 aliphatic carbocycles. The lowest BCUT2D eigenvalue weighted by Gasteiger charge is -2.16. The van der Waals surface area contributed by atoms with E-state index in [2.05, 4.69) is 26.0 Å². The number of rotatable bonds is 10. The van der Waals surface area contributed by atoms with Crippen LogP contribution in [0.1, 0.15) is 90.9 Å². The van der Waals surface area contributed by atoms with Crippen molar-refractivity contribution in [2.24, 2.45) is 11.8 Å². The lowest BCUT2D eigenvalue weighted by Crippen LogP contribution is -2.05. The zero-order valence-electron chi connectivity index (χ0n) is 12.8. The number of hydrogen-bond donors (Lipinski definition) is 0. The Morgan fingerprint density at radius 2 is 1.67 bits per heavy atom. The van der Waals surface area contributed by atoms with Crippen molar-refractivity contribution in [3.8, 4) is 0 Å². The molecular weight excluding hydrogens is 216 g/mol. The van der Waals surface area contributed by atoms with Crippen molar-refractivity contribution in [1.29, 1.82) is 0 Å². The molecule has 106 valence electrons. The summed E-state index contributed by atoms with van der Waals surface area (Å²) in [4.78, 5) is 0. The van der Waals surface area contributed by atoms with Crippen molar-refractivity contribution in [2.75, 3.05) is 0 Å². The van der Waals surface area contributed by atoms with Gasteiger partial charge >= 0.3 is 0 Å². The van der Waals surface area contributed by atoms with E-state index in [-0.39, 0.29) is 0 Å². The Morgan fingerprint density at radius 1 is 0.889 bits per heavy atom. The van der Waals surface area contributed by atoms with Gasteiger partial charge in [0.25, 0.3) is 0 Å². The molecule has 1 saturated carbocycles. The van der Waals surface area contributed by atoms with Gasteiger partial charge in [0.1, 0.15) is 0 Å². The highest BCUT2D eigenvalue weighted by Crippen LogP contribution is 2.36. The van der Waals surface area contributed by atoms with Gasteiger partial charge in [-0.3, -0.25) is 0 Å². The molecule has 0 saturated heterocycles. The van der Waals surface area contributed by atoms with Crippen LogP contribution in [-0.2, 0) is 0 Å². The van der Waals surface area contributed by atoms with Gasteiger partial charge in [-0.25, -0.2) is 0 Å². The first kappa shape index (κ1) is 15.8. The molecule has 0 aromatic rings. The molecule has 18 heavy (non-hydrogen) atoms. The van der Waals surface area contributed by atoms with Crippen LogP contribution >= 0.6 is 0 Å². The van der Waals surface area contributed by atoms with Crippen LogP contribution < -0.4 is 0 Å². The highest BCUT2D eigenvalue weighted by atomic mass is 14.3. The third-order valence-electron chi connectivity index (χ3n) is 4.50. The SMILES string of the molecule is CCCCCC=C[C@H]1CCC[C@@H]1CCCCCC. The van der Waals surface area contributed by atoms with Crippen LogP contribution in [0.15, 0.2) is 12.2 Å². The van der Waals surface area contributed by atoms with E-state index in [1.807, 2.05) is 0 Å². The third-order valence-corrected chi connectivity index (χ3v) is 4.50. The van der Waals surface area contributed by atoms with Crippen LogP contribution in [0.5, 0.6) is 0 Å². The fourth-order valence-electron chi connectivity index (χ4n) is 3.29. The van der Waals surface area contributed by atoms with Crippen molar-refractivity contribution >= 4 is 0 Å². The van der Waals surface area contributed by atoms with E-state index in [9.17, 15) is 0 Å². The number of allylic oxidation sites excluding steroid dienone is 2. The summed E-state index contributed by atoms with van der Waals surface area (Å²) < 4.78 is 0. The Kier molecular flexibility index (Phi) is 9.34. The zero-order chi connectivity index (χ0) is 13.1. The van der Waals surface area contributed by atoms with Crippen LogP contribution in [-0.4, -0.2) is 0 Å². The predicted molar refractivity (Wildman–Crippen MR) is 82.9 cm³/mol. The molecule has 1 rings (SSSR count). The molecular formula is C18H34. The summed E-state index contributed by atoms with van der Waals surface area (Å²) in [6, 6.07) is 0. The first-order valence-corrected chi connectivity index (χ1v) is 8.55. The zero-order valence-corrected chi connectivity index (χ0v) is 12.8. The van der Waals surface area contributed by atoms with Gasteiger partial charge in [0.2, 0.25) is 0 Å². The maximum atomic E-state index is 2.56. The Bertz CT molecular complexity index is 204. The second-order valence-corrected chi connectivity index (χ2v) is 6.13. The first-order chi connectivity index (χ1) is 8.88. The molecule has 2 atom stereocenters. The van der Waals surface area contributed by atoms with E-state index >= 15 is 0 Å². The molecule has 0 nitrogen and oxygen atoms in total. The molecule has 0 heteroatoms. The molecule has 0 bridgehead atoms. The molecule has 0 unspecified atom stereocenters. The van der Waals surface area contributed by atoms with Gasteiger partial charge in [0, 0.05) is 0 Å². The van der Waals surface area contributed by atoms with Gasteiger partial charge in [-0.05, 0) is 43.9 Å². The Balaban J connectivity index is 2.14. The monoisotopic (exact) mass is 250 g/mol. The quantitative estimate of drug-likeness (QED) is 0.306. The fourth-order valence-corrected chi connectivity index (χ4v) is 3.29. The average molecular weight is 250 g/mol. The van der Waals surface area contributed by atoms with Gasteiger partial charge in [-0.15, -0.1) is 0 Å². The lowest BCUT2D eigenvalue weighted by atomic mass is 9.90. The first-order valence-electron chi connectivity index (χ1n) is 8.55. The second-order valence-electron chi connectivity index (χ2n) is 6.13. The smallest absolute Gasteiger partial charge is 0.0205 e. The maximum Gasteiger partial charge on any atom is -0.0205 e. The summed E-state index contributed by atoms with van der Waals surface area (Å²) in [6.07, 6.45) is 22.1. The Hall–Kier alpha value is -0.260. The van der Waals surface area contributed by atoms with Gasteiger partial charge < -0.3 is 0 Å². The molecule has 1 fully saturated rings. The second kappa shape index (κ2) is 10.6. The molecule has 1 aliphatic rings. The van der Waals surface area contributed by atoms with Gasteiger partial charge in [-0.1, -0.05) is 70.9 Å². The molecule has 0 aromatic heterocycles. The van der Waals surface area contributed by atoms with E-state index in [4.69, 9.17) is 0 Å². The number of unbranched alkanes of at least 4 members (excludes halogenated alkanes) is 6. The van der Waals surface area contributed by atoms with E-state index in [0.29, 0.717) is 0 Å². The molecule has 0 radical (unpaired) electrons. The Labute approximate surface area is 115 Å². The molecule has 0 heterocycles. The topological polar surface area (TPSA) is 0 Å². The van der Waals surface area contributed by atoms with Gasteiger partial charge in [-0.2, -0.15) is 0 Å². The van der Waals surface area contributed by atoms with Gasteiger partial charge in [0.15, 0.2) is 0 Å². The summed E-state index contributed by atoms with van der Waals surface area (Å²) in [7, 11) is 0. The van der Waals surface area contributed by atoms with Crippen LogP contribution in [0.3, 0.4) is 0 Å². The minimum absolute atomic E-state index is 0.924. The van der Waals surface area contributed by atoms with Crippen LogP contribution in [0.2, 0.25) is 0 Å². The summed E-state index contributed by atoms with van der Waals surface area (Å²) in [5, 5.41) is 0. The average Bonchev–Trinajstić information content (AvgIpc) is 2.82. The fraction of sp³-hybridized carbons (Fsp3) is 0.889. The predicted octanol–water partition coefficient (Wildman–Crippen LogP) is 6.51. The summed E-state index contributed by atoms with van der Waals surface area (Å²) in [5.74, 6) is 1.94. The lowest BCUT2D eigenvalue weighted by molar-refractivity contribution is 0.403. The normalized spacial score (nSPS) is 24.1. The van der Waals surface area contributed by atoms with E-state index in [0.717, 1.165) is 11.8 Å². The van der Waals surface area contributed by atoms with E-state index in [1.54, 1.807) is 0 Å². The maximum absolute atomic E-state index is 2.56. The van der Waals surface area contributed by atoms with Crippen LogP contribution in [0.4, 0.5) is 0 Å². The van der Waals surface area contributed by atoms with Crippen molar-refractivity contribution in [3.05, 3.63) is 12.2 Å². The Morgan fingerprint density at radius 3 is 2.44 bits per heavy atom. The molecule has 0 aromatic carbocycles. The van der Waals surface area contributed by atoms with Crippen LogP contribution in [0, 0.1) is 11.8 Å². The van der Waals surface area contributed by atoms with Crippen molar-refractivity contribution in [3.63, 3.8) is 0 Å². The number of hydrogen-bond acceptors (Lipinski definition) is 0. The van der Waals surface area contributed by atoms with Gasteiger partial charge in [0.05, 0.1) is 0 Å². The van der Waals surface area contributed by atoms with Crippen molar-refractivity contribution in [1.82, 2.24) is 0 Å². The third kappa shape index (κ3) is 6.61. The summed E-state index contributed by atoms with van der Waals surface area (Å²) in [5.41, 5.74) is 0. The molecule has 0 spiro atoms. The van der Waals surface area contributed by atoms with Crippen LogP contribution in [0.25, 0.3) is 0 Å². The standard InChI is InChI=1S/C18H34/c1-3-5-7-9-11-14-18-16-12-15-17(18)13-10-8-6-4-2/h11,14,17-18H,3-10,12-13,15-16H2,1-2H3/t17-,18-/m0/s1. The van der Waals surface area contributed by atoms with Crippen molar-refractivity contribution < 1.29 is 0 Å². The summed E-state index contributed by atoms with van der Waals surface area (Å²) >= 11 is 0. The minimum atomic E-state index is 0.924. The highest BCUT2D eigenvalue weighted by molar-refractivity contribution is 4.94. The minimum Gasteiger partial charge on any atom is -0.0882 e. The molecule has 0 N–H and O–H groups in total. The van der Waals surface area contributed by atoms with E-state index < -0.39 is 0 Å². The highest BCUT2D eigenvalue weighted by Gasteiger charge is 2.24. The molecule has 0 amide bonds. The molecule has 0 aliphatic heterocycles. The largest absolute Gasteiger partial charge is 0.0882 e. The van der Waals surface area contributed by atoms with E-state index in [1.165, 1.54) is 77.0 Å².